The SMILES string of the molecule is CCCn1ncc(OC)c1C(NC)c1snnc1C(C)C. The van der Waals surface area contributed by atoms with Crippen LogP contribution in [0.3, 0.4) is 0 Å². The van der Waals surface area contributed by atoms with E-state index in [1.807, 2.05) is 11.7 Å². The Morgan fingerprint density at radius 2 is 2.19 bits per heavy atom. The highest BCUT2D eigenvalue weighted by molar-refractivity contribution is 7.05. The normalized spacial score (nSPS) is 12.9. The lowest BCUT2D eigenvalue weighted by molar-refractivity contribution is 0.400. The summed E-state index contributed by atoms with van der Waals surface area (Å²) in [5, 5.41) is 12.1. The van der Waals surface area contributed by atoms with Gasteiger partial charge in [-0.1, -0.05) is 25.3 Å². The smallest absolute Gasteiger partial charge is 0.161 e. The highest BCUT2D eigenvalue weighted by Crippen LogP contribution is 2.35. The molecule has 0 saturated carbocycles. The Balaban J connectivity index is 2.50. The fourth-order valence-electron chi connectivity index (χ4n) is 2.41. The number of hydrogen-bond acceptors (Lipinski definition) is 6. The largest absolute Gasteiger partial charge is 0.493 e. The summed E-state index contributed by atoms with van der Waals surface area (Å²) in [4.78, 5) is 1.13. The van der Waals surface area contributed by atoms with Crippen molar-refractivity contribution >= 4 is 11.5 Å². The lowest BCUT2D eigenvalue weighted by Gasteiger charge is -2.19. The zero-order chi connectivity index (χ0) is 15.4. The lowest BCUT2D eigenvalue weighted by atomic mass is 10.0. The summed E-state index contributed by atoms with van der Waals surface area (Å²) in [6.07, 6.45) is 2.80. The molecule has 1 unspecified atom stereocenters. The first-order valence-corrected chi connectivity index (χ1v) is 8.00. The van der Waals surface area contributed by atoms with Crippen LogP contribution in [0.5, 0.6) is 5.75 Å². The fraction of sp³-hybridized carbons (Fsp3) is 0.643. The van der Waals surface area contributed by atoms with Crippen LogP contribution in [0.4, 0.5) is 0 Å². The molecule has 1 N–H and O–H groups in total. The van der Waals surface area contributed by atoms with Crippen LogP contribution in [0.25, 0.3) is 0 Å². The first-order chi connectivity index (χ1) is 10.1. The van der Waals surface area contributed by atoms with Gasteiger partial charge in [-0.25, -0.2) is 0 Å². The topological polar surface area (TPSA) is 64.9 Å². The molecule has 0 aliphatic carbocycles. The Labute approximate surface area is 129 Å². The Hall–Kier alpha value is -1.47. The van der Waals surface area contributed by atoms with Crippen LogP contribution in [-0.2, 0) is 6.54 Å². The molecule has 116 valence electrons. The molecular formula is C14H23N5OS. The standard InChI is InChI=1S/C14H23N5OS/c1-6-7-19-13(10(20-5)8-16-19)12(15-4)14-11(9(2)3)17-18-21-14/h8-9,12,15H,6-7H2,1-5H3. The molecule has 0 fully saturated rings. The van der Waals surface area contributed by atoms with Gasteiger partial charge >= 0.3 is 0 Å². The van der Waals surface area contributed by atoms with E-state index in [1.165, 1.54) is 11.5 Å². The van der Waals surface area contributed by atoms with Gasteiger partial charge in [0.15, 0.2) is 5.75 Å². The van der Waals surface area contributed by atoms with E-state index in [4.69, 9.17) is 4.74 Å². The van der Waals surface area contributed by atoms with Crippen molar-refractivity contribution in [1.29, 1.82) is 0 Å². The van der Waals surface area contributed by atoms with E-state index in [0.717, 1.165) is 35.0 Å². The van der Waals surface area contributed by atoms with Crippen molar-refractivity contribution in [1.82, 2.24) is 24.7 Å². The van der Waals surface area contributed by atoms with Gasteiger partial charge in [-0.15, -0.1) is 5.10 Å². The van der Waals surface area contributed by atoms with Crippen molar-refractivity contribution in [2.75, 3.05) is 14.2 Å². The molecular weight excluding hydrogens is 286 g/mol. The predicted molar refractivity (Wildman–Crippen MR) is 84.0 cm³/mol. The van der Waals surface area contributed by atoms with Gasteiger partial charge in [0, 0.05) is 6.54 Å². The maximum Gasteiger partial charge on any atom is 0.161 e. The molecule has 0 aliphatic heterocycles. The Morgan fingerprint density at radius 1 is 1.43 bits per heavy atom. The third kappa shape index (κ3) is 3.08. The van der Waals surface area contributed by atoms with Crippen molar-refractivity contribution in [2.24, 2.45) is 0 Å². The summed E-state index contributed by atoms with van der Waals surface area (Å²) in [6, 6.07) is -0.00796. The van der Waals surface area contributed by atoms with Crippen LogP contribution < -0.4 is 10.1 Å². The van der Waals surface area contributed by atoms with Crippen LogP contribution in [0, 0.1) is 0 Å². The Bertz CT molecular complexity index is 578. The van der Waals surface area contributed by atoms with Crippen LogP contribution >= 0.6 is 11.5 Å². The number of nitrogens with one attached hydrogen (secondary N) is 1. The lowest BCUT2D eigenvalue weighted by Crippen LogP contribution is -2.22. The van der Waals surface area contributed by atoms with Gasteiger partial charge in [0.2, 0.25) is 0 Å². The van der Waals surface area contributed by atoms with Crippen LogP contribution in [-0.4, -0.2) is 33.5 Å². The van der Waals surface area contributed by atoms with E-state index in [2.05, 4.69) is 40.8 Å². The molecule has 0 bridgehead atoms. The van der Waals surface area contributed by atoms with E-state index < -0.39 is 0 Å². The molecule has 1 atom stereocenters. The van der Waals surface area contributed by atoms with E-state index in [0.29, 0.717) is 5.92 Å². The molecule has 0 aliphatic rings. The zero-order valence-corrected chi connectivity index (χ0v) is 14.1. The van der Waals surface area contributed by atoms with Crippen molar-refractivity contribution < 1.29 is 4.74 Å². The monoisotopic (exact) mass is 309 g/mol. The van der Waals surface area contributed by atoms with Crippen molar-refractivity contribution in [3.05, 3.63) is 22.5 Å². The molecule has 2 heterocycles. The summed E-state index contributed by atoms with van der Waals surface area (Å²) in [5.41, 5.74) is 2.07. The maximum atomic E-state index is 5.49. The summed E-state index contributed by atoms with van der Waals surface area (Å²) in [6.45, 7) is 7.27. The molecule has 0 amide bonds. The van der Waals surface area contributed by atoms with Crippen LogP contribution in [0.15, 0.2) is 6.20 Å². The first kappa shape index (κ1) is 15.9. The number of rotatable bonds is 7. The minimum Gasteiger partial charge on any atom is -0.493 e. The molecule has 21 heavy (non-hydrogen) atoms. The quantitative estimate of drug-likeness (QED) is 0.851. The van der Waals surface area contributed by atoms with E-state index in [-0.39, 0.29) is 6.04 Å². The van der Waals surface area contributed by atoms with Gasteiger partial charge in [0.05, 0.1) is 29.9 Å². The average molecular weight is 309 g/mol. The average Bonchev–Trinajstić information content (AvgIpc) is 3.08. The third-order valence-corrected chi connectivity index (χ3v) is 4.22. The molecule has 0 aromatic carbocycles. The number of hydrogen-bond donors (Lipinski definition) is 1. The van der Waals surface area contributed by atoms with Crippen LogP contribution in [0.1, 0.15) is 55.4 Å². The minimum absolute atomic E-state index is 0.00796. The highest BCUT2D eigenvalue weighted by Gasteiger charge is 2.27. The van der Waals surface area contributed by atoms with Gasteiger partial charge in [0.25, 0.3) is 0 Å². The fourth-order valence-corrected chi connectivity index (χ4v) is 3.33. The second-order valence-electron chi connectivity index (χ2n) is 5.22. The number of ether oxygens (including phenoxy) is 1. The van der Waals surface area contributed by atoms with Crippen LogP contribution in [0.2, 0.25) is 0 Å². The molecule has 2 aromatic heterocycles. The summed E-state index contributed by atoms with van der Waals surface area (Å²) in [5.74, 6) is 1.13. The molecule has 6 nitrogen and oxygen atoms in total. The molecule has 7 heteroatoms. The molecule has 2 rings (SSSR count). The van der Waals surface area contributed by atoms with Crippen molar-refractivity contribution in [2.45, 2.75) is 45.7 Å². The second kappa shape index (κ2) is 7.00. The molecule has 0 saturated heterocycles. The number of nitrogens with zero attached hydrogens (tertiary/aromatic N) is 4. The Morgan fingerprint density at radius 3 is 2.76 bits per heavy atom. The first-order valence-electron chi connectivity index (χ1n) is 7.23. The maximum absolute atomic E-state index is 5.49. The molecule has 0 spiro atoms. The minimum atomic E-state index is -0.00796. The van der Waals surface area contributed by atoms with Gasteiger partial charge in [-0.2, -0.15) is 5.10 Å². The van der Waals surface area contributed by atoms with Crippen molar-refractivity contribution in [3.8, 4) is 5.75 Å². The molecule has 0 radical (unpaired) electrons. The van der Waals surface area contributed by atoms with Gasteiger partial charge < -0.3 is 10.1 Å². The summed E-state index contributed by atoms with van der Waals surface area (Å²) < 4.78 is 11.6. The number of aromatic nitrogens is 4. The zero-order valence-electron chi connectivity index (χ0n) is 13.3. The summed E-state index contributed by atoms with van der Waals surface area (Å²) >= 11 is 1.43. The highest BCUT2D eigenvalue weighted by atomic mass is 32.1. The van der Waals surface area contributed by atoms with Crippen molar-refractivity contribution in [3.63, 3.8) is 0 Å². The van der Waals surface area contributed by atoms with Gasteiger partial charge in [0.1, 0.15) is 5.69 Å². The second-order valence-corrected chi connectivity index (χ2v) is 6.01. The predicted octanol–water partition coefficient (Wildman–Crippen LogP) is 2.59. The third-order valence-electron chi connectivity index (χ3n) is 3.41. The summed E-state index contributed by atoms with van der Waals surface area (Å²) in [7, 11) is 3.62. The number of methoxy groups -OCH3 is 1. The number of aryl methyl sites for hydroxylation is 1. The Kier molecular flexibility index (Phi) is 5.30. The van der Waals surface area contributed by atoms with E-state index in [9.17, 15) is 0 Å². The molecule has 2 aromatic rings. The van der Waals surface area contributed by atoms with E-state index in [1.54, 1.807) is 13.3 Å². The van der Waals surface area contributed by atoms with E-state index >= 15 is 0 Å². The van der Waals surface area contributed by atoms with Gasteiger partial charge in [-0.05, 0) is 30.9 Å². The van der Waals surface area contributed by atoms with Gasteiger partial charge in [-0.3, -0.25) is 4.68 Å².